The molecule has 1 aromatic carbocycles. The summed E-state index contributed by atoms with van der Waals surface area (Å²) >= 11 is 1.47. The lowest BCUT2D eigenvalue weighted by atomic mass is 9.85. The van der Waals surface area contributed by atoms with Gasteiger partial charge in [-0.3, -0.25) is 0 Å². The van der Waals surface area contributed by atoms with Crippen molar-refractivity contribution in [1.29, 1.82) is 0 Å². The molecule has 0 heterocycles. The monoisotopic (exact) mass is 332 g/mol. The third-order valence-electron chi connectivity index (χ3n) is 4.05. The van der Waals surface area contributed by atoms with Gasteiger partial charge in [0.25, 0.3) is 0 Å². The van der Waals surface area contributed by atoms with Crippen LogP contribution in [0.4, 0.5) is 4.39 Å². The number of rotatable bonds is 5. The van der Waals surface area contributed by atoms with Crippen molar-refractivity contribution in [2.45, 2.75) is 41.9 Å². The quantitative estimate of drug-likeness (QED) is 0.843. The van der Waals surface area contributed by atoms with Gasteiger partial charge in [-0.15, -0.1) is 11.8 Å². The number of thioether (sulfide) groups is 1. The molecular weight excluding hydrogens is 311 g/mol. The van der Waals surface area contributed by atoms with Gasteiger partial charge in [0.2, 0.25) is 0 Å². The predicted octanol–water partition coefficient (Wildman–Crippen LogP) is 2.88. The first kappa shape index (κ1) is 16.8. The topological polar surface area (TPSA) is 54.4 Å². The molecule has 1 aliphatic rings. The number of aliphatic hydroxyl groups excluding tert-OH is 1. The molecule has 3 unspecified atom stereocenters. The minimum Gasteiger partial charge on any atom is -0.392 e. The summed E-state index contributed by atoms with van der Waals surface area (Å²) in [6.07, 6.45) is 3.72. The molecule has 118 valence electrons. The van der Waals surface area contributed by atoms with Gasteiger partial charge in [0.15, 0.2) is 0 Å². The van der Waals surface area contributed by atoms with Crippen molar-refractivity contribution in [3.63, 3.8) is 0 Å². The highest BCUT2D eigenvalue weighted by molar-refractivity contribution is 7.99. The standard InChI is InChI=1S/C15H21FO3S2/c1-21(18,19)14-4-2-3-11(9-14)15(17)10-20-13-7-5-12(16)6-8-13/h5-8,11,14-15,17H,2-4,9-10H2,1H3. The maximum atomic E-state index is 12.8. The van der Waals surface area contributed by atoms with Gasteiger partial charge < -0.3 is 5.11 Å². The zero-order valence-corrected chi connectivity index (χ0v) is 13.7. The van der Waals surface area contributed by atoms with Crippen LogP contribution in [0, 0.1) is 11.7 Å². The fourth-order valence-corrected chi connectivity index (χ4v) is 4.92. The van der Waals surface area contributed by atoms with E-state index in [4.69, 9.17) is 0 Å². The molecule has 0 aliphatic heterocycles. The smallest absolute Gasteiger partial charge is 0.150 e. The summed E-state index contributed by atoms with van der Waals surface area (Å²) in [6, 6.07) is 6.17. The zero-order valence-electron chi connectivity index (χ0n) is 12.0. The van der Waals surface area contributed by atoms with E-state index in [-0.39, 0.29) is 17.0 Å². The first-order valence-corrected chi connectivity index (χ1v) is 10.1. The molecule has 0 amide bonds. The van der Waals surface area contributed by atoms with Crippen LogP contribution >= 0.6 is 11.8 Å². The van der Waals surface area contributed by atoms with Crippen molar-refractivity contribution in [1.82, 2.24) is 0 Å². The molecule has 6 heteroatoms. The van der Waals surface area contributed by atoms with Crippen molar-refractivity contribution in [2.75, 3.05) is 12.0 Å². The highest BCUT2D eigenvalue weighted by Gasteiger charge is 2.32. The molecule has 21 heavy (non-hydrogen) atoms. The lowest BCUT2D eigenvalue weighted by molar-refractivity contribution is 0.106. The molecule has 1 N–H and O–H groups in total. The highest BCUT2D eigenvalue weighted by Crippen LogP contribution is 2.32. The van der Waals surface area contributed by atoms with E-state index in [1.54, 1.807) is 12.1 Å². The van der Waals surface area contributed by atoms with Crippen LogP contribution in [0.15, 0.2) is 29.2 Å². The van der Waals surface area contributed by atoms with Crippen LogP contribution in [0.1, 0.15) is 25.7 Å². The Morgan fingerprint density at radius 3 is 2.62 bits per heavy atom. The van der Waals surface area contributed by atoms with Gasteiger partial charge in [0, 0.05) is 16.9 Å². The maximum absolute atomic E-state index is 12.8. The Morgan fingerprint density at radius 1 is 1.33 bits per heavy atom. The van der Waals surface area contributed by atoms with Crippen LogP contribution < -0.4 is 0 Å². The van der Waals surface area contributed by atoms with E-state index in [0.717, 1.165) is 17.7 Å². The molecule has 3 nitrogen and oxygen atoms in total. The molecule has 0 radical (unpaired) electrons. The Morgan fingerprint density at radius 2 is 2.00 bits per heavy atom. The fraction of sp³-hybridized carbons (Fsp3) is 0.600. The molecule has 1 saturated carbocycles. The van der Waals surface area contributed by atoms with Crippen molar-refractivity contribution in [3.05, 3.63) is 30.1 Å². The third-order valence-corrected chi connectivity index (χ3v) is 6.80. The first-order valence-electron chi connectivity index (χ1n) is 7.11. The second-order valence-corrected chi connectivity index (χ2v) is 9.13. The molecule has 1 aromatic rings. The summed E-state index contributed by atoms with van der Waals surface area (Å²) in [6.45, 7) is 0. The molecule has 1 fully saturated rings. The van der Waals surface area contributed by atoms with E-state index in [2.05, 4.69) is 0 Å². The third kappa shape index (κ3) is 4.97. The van der Waals surface area contributed by atoms with Crippen molar-refractivity contribution in [3.8, 4) is 0 Å². The van der Waals surface area contributed by atoms with Gasteiger partial charge in [-0.1, -0.05) is 6.42 Å². The molecular formula is C15H21FO3S2. The Labute approximate surface area is 129 Å². The first-order chi connectivity index (χ1) is 9.86. The molecule has 0 saturated heterocycles. The SMILES string of the molecule is CS(=O)(=O)C1CCCC(C(O)CSc2ccc(F)cc2)C1. The van der Waals surface area contributed by atoms with Crippen molar-refractivity contribution >= 4 is 21.6 Å². The van der Waals surface area contributed by atoms with Gasteiger partial charge in [-0.25, -0.2) is 12.8 Å². The second-order valence-electron chi connectivity index (χ2n) is 5.71. The normalized spacial score (nSPS) is 24.7. The van der Waals surface area contributed by atoms with Crippen LogP contribution in [-0.4, -0.2) is 36.9 Å². The van der Waals surface area contributed by atoms with Gasteiger partial charge in [0.05, 0.1) is 11.4 Å². The zero-order chi connectivity index (χ0) is 15.5. The molecule has 0 aromatic heterocycles. The van der Waals surface area contributed by atoms with Crippen LogP contribution in [-0.2, 0) is 9.84 Å². The maximum Gasteiger partial charge on any atom is 0.150 e. The Kier molecular flexibility index (Phi) is 5.68. The molecule has 3 atom stereocenters. The summed E-state index contributed by atoms with van der Waals surface area (Å²) < 4.78 is 36.1. The Balaban J connectivity index is 1.88. The molecule has 0 bridgehead atoms. The number of benzene rings is 1. The number of sulfone groups is 1. The average Bonchev–Trinajstić information content (AvgIpc) is 2.45. The van der Waals surface area contributed by atoms with Gasteiger partial charge in [-0.05, 0) is 49.4 Å². The summed E-state index contributed by atoms with van der Waals surface area (Å²) in [5.74, 6) is 0.266. The molecule has 0 spiro atoms. The summed E-state index contributed by atoms with van der Waals surface area (Å²) in [7, 11) is -3.02. The molecule has 1 aliphatic carbocycles. The largest absolute Gasteiger partial charge is 0.392 e. The van der Waals surface area contributed by atoms with E-state index in [0.29, 0.717) is 18.6 Å². The van der Waals surface area contributed by atoms with Crippen LogP contribution in [0.2, 0.25) is 0 Å². The van der Waals surface area contributed by atoms with Crippen LogP contribution in [0.5, 0.6) is 0 Å². The summed E-state index contributed by atoms with van der Waals surface area (Å²) in [4.78, 5) is 0.908. The number of halogens is 1. The van der Waals surface area contributed by atoms with Crippen LogP contribution in [0.25, 0.3) is 0 Å². The Bertz CT molecular complexity index is 557. The second kappa shape index (κ2) is 7.11. The van der Waals surface area contributed by atoms with E-state index in [9.17, 15) is 17.9 Å². The van der Waals surface area contributed by atoms with E-state index in [1.165, 1.54) is 30.2 Å². The number of aliphatic hydroxyl groups is 1. The van der Waals surface area contributed by atoms with Crippen molar-refractivity contribution in [2.24, 2.45) is 5.92 Å². The molecule has 2 rings (SSSR count). The van der Waals surface area contributed by atoms with Gasteiger partial charge >= 0.3 is 0 Å². The van der Waals surface area contributed by atoms with E-state index < -0.39 is 15.9 Å². The highest BCUT2D eigenvalue weighted by atomic mass is 32.2. The van der Waals surface area contributed by atoms with E-state index >= 15 is 0 Å². The van der Waals surface area contributed by atoms with Crippen LogP contribution in [0.3, 0.4) is 0 Å². The predicted molar refractivity (Wildman–Crippen MR) is 83.7 cm³/mol. The fourth-order valence-electron chi connectivity index (χ4n) is 2.77. The average molecular weight is 332 g/mol. The van der Waals surface area contributed by atoms with Gasteiger partial charge in [-0.2, -0.15) is 0 Å². The lowest BCUT2D eigenvalue weighted by Gasteiger charge is -2.31. The Hall–Kier alpha value is -0.590. The lowest BCUT2D eigenvalue weighted by Crippen LogP contribution is -2.34. The number of hydrogen-bond acceptors (Lipinski definition) is 4. The summed E-state index contributed by atoms with van der Waals surface area (Å²) in [5, 5.41) is 9.97. The van der Waals surface area contributed by atoms with E-state index in [1.807, 2.05) is 0 Å². The minimum absolute atomic E-state index is 0.0337. The summed E-state index contributed by atoms with van der Waals surface area (Å²) in [5.41, 5.74) is 0. The number of hydrogen-bond donors (Lipinski definition) is 1. The van der Waals surface area contributed by atoms with Gasteiger partial charge in [0.1, 0.15) is 15.7 Å². The minimum atomic E-state index is -3.02. The van der Waals surface area contributed by atoms with Crippen molar-refractivity contribution < 1.29 is 17.9 Å².